The summed E-state index contributed by atoms with van der Waals surface area (Å²) in [6, 6.07) is 0. The van der Waals surface area contributed by atoms with E-state index in [2.05, 4.69) is 0 Å². The number of hydrogen-bond acceptors (Lipinski definition) is 4. The topological polar surface area (TPSA) is 190 Å². The largest absolute Gasteiger partial charge is 4.00 e. The summed E-state index contributed by atoms with van der Waals surface area (Å²) >= 11 is 0. The van der Waals surface area contributed by atoms with Crippen LogP contribution in [0.5, 0.6) is 0 Å². The average molecular weight is 301 g/mol. The van der Waals surface area contributed by atoms with Crippen LogP contribution in [0, 0.1) is 0 Å². The van der Waals surface area contributed by atoms with E-state index in [0.29, 0.717) is 0 Å². The molecule has 0 aromatic carbocycles. The van der Waals surface area contributed by atoms with Crippen molar-refractivity contribution in [2.75, 3.05) is 0 Å². The second-order valence-corrected chi connectivity index (χ2v) is 2.95. The van der Waals surface area contributed by atoms with Gasteiger partial charge in [0, 0.05) is 0 Å². The van der Waals surface area contributed by atoms with Crippen LogP contribution >= 0.6 is 15.6 Å². The maximum absolute atomic E-state index is 8.88. The van der Waals surface area contributed by atoms with Crippen LogP contribution in [-0.2, 0) is 40.8 Å². The second-order valence-electron chi connectivity index (χ2n) is 0.982. The average Bonchev–Trinajstić information content (AvgIpc) is 1.12. The van der Waals surface area contributed by atoms with Crippen molar-refractivity contribution in [3.63, 3.8) is 0 Å². The molecule has 0 rings (SSSR count). The van der Waals surface area contributed by atoms with Crippen molar-refractivity contribution in [2.45, 2.75) is 0 Å². The maximum Gasteiger partial charge on any atom is 4.00 e. The van der Waals surface area contributed by atoms with Crippen LogP contribution in [0.25, 0.3) is 0 Å². The molecular weight excluding hydrogens is 297 g/mol. The molecular formula is H4O9P2Zr. The van der Waals surface area contributed by atoms with Gasteiger partial charge >= 0.3 is 34.0 Å². The smallest absolute Gasteiger partial charge is 2.00 e. The predicted molar refractivity (Wildman–Crippen MR) is 24.8 cm³/mol. The van der Waals surface area contributed by atoms with Gasteiger partial charge in [-0.25, -0.2) is 4.57 Å². The van der Waals surface area contributed by atoms with Crippen molar-refractivity contribution in [1.82, 2.24) is 0 Å². The van der Waals surface area contributed by atoms with Crippen LogP contribution in [0.15, 0.2) is 0 Å². The van der Waals surface area contributed by atoms with Gasteiger partial charge in [0.1, 0.15) is 0 Å². The summed E-state index contributed by atoms with van der Waals surface area (Å²) in [6.07, 6.45) is 0. The Morgan fingerprint density at radius 3 is 0.917 bits per heavy atom. The Morgan fingerprint density at radius 1 is 0.917 bits per heavy atom. The molecule has 0 aromatic rings. The first kappa shape index (κ1) is 23.1. The van der Waals surface area contributed by atoms with Gasteiger partial charge in [-0.2, -0.15) is 0 Å². The van der Waals surface area contributed by atoms with Crippen LogP contribution in [-0.4, -0.2) is 19.6 Å². The zero-order valence-corrected chi connectivity index (χ0v) is 9.47. The fourth-order valence-corrected chi connectivity index (χ4v) is 0. The molecule has 0 bridgehead atoms. The van der Waals surface area contributed by atoms with E-state index in [9.17, 15) is 0 Å². The Labute approximate surface area is 86.0 Å². The minimum absolute atomic E-state index is 0. The molecule has 12 heavy (non-hydrogen) atoms. The van der Waals surface area contributed by atoms with E-state index in [1.54, 1.807) is 0 Å². The van der Waals surface area contributed by atoms with Crippen molar-refractivity contribution in [2.24, 2.45) is 0 Å². The number of rotatable bonds is 0. The van der Waals surface area contributed by atoms with Gasteiger partial charge in [0.15, 0.2) is 0 Å². The summed E-state index contributed by atoms with van der Waals surface area (Å²) < 4.78 is 17.5. The third-order valence-corrected chi connectivity index (χ3v) is 0. The summed E-state index contributed by atoms with van der Waals surface area (Å²) in [5, 5.41) is 0. The molecule has 0 aliphatic carbocycles. The summed E-state index contributed by atoms with van der Waals surface area (Å²) in [4.78, 5) is 45.8. The molecule has 9 nitrogen and oxygen atoms in total. The van der Waals surface area contributed by atoms with Gasteiger partial charge in [-0.1, -0.05) is 0 Å². The molecule has 72 valence electrons. The van der Waals surface area contributed by atoms with Gasteiger partial charge in [-0.15, -0.1) is 0 Å². The number of phosphoric acid groups is 2. The van der Waals surface area contributed by atoms with Crippen molar-refractivity contribution >= 4 is 15.6 Å². The van der Waals surface area contributed by atoms with Gasteiger partial charge in [0.2, 0.25) is 0 Å². The Morgan fingerprint density at radius 2 is 0.917 bits per heavy atom. The third-order valence-electron chi connectivity index (χ3n) is 0. The first-order chi connectivity index (χ1) is 4.00. The zero-order chi connectivity index (χ0) is 9.00. The normalized spacial score (nSPS) is 9.83. The number of hydrogen-bond donors (Lipinski definition) is 4. The van der Waals surface area contributed by atoms with Crippen molar-refractivity contribution in [1.29, 1.82) is 0 Å². The van der Waals surface area contributed by atoms with Crippen molar-refractivity contribution in [3.05, 3.63) is 0 Å². The molecule has 0 heterocycles. The summed E-state index contributed by atoms with van der Waals surface area (Å²) in [6.45, 7) is 0. The van der Waals surface area contributed by atoms with Crippen LogP contribution < -0.4 is 9.79 Å². The molecule has 4 N–H and O–H groups in total. The van der Waals surface area contributed by atoms with E-state index in [-0.39, 0.29) is 31.7 Å². The second kappa shape index (κ2) is 8.65. The molecule has 0 aliphatic heterocycles. The first-order valence-corrected chi connectivity index (χ1v) is 4.59. The van der Waals surface area contributed by atoms with Gasteiger partial charge < -0.3 is 39.4 Å². The Bertz CT molecular complexity index is 125. The van der Waals surface area contributed by atoms with Gasteiger partial charge in [0.25, 0.3) is 0 Å². The monoisotopic (exact) mass is 300 g/mol. The molecule has 0 radical (unpaired) electrons. The zero-order valence-electron chi connectivity index (χ0n) is 5.22. The summed E-state index contributed by atoms with van der Waals surface area (Å²) in [5.74, 6) is 0. The Balaban J connectivity index is -0.0000000457. The molecule has 0 aliphatic rings. The van der Waals surface area contributed by atoms with Crippen LogP contribution in [0.1, 0.15) is 0 Å². The third kappa shape index (κ3) is 991. The van der Waals surface area contributed by atoms with E-state index < -0.39 is 15.6 Å². The van der Waals surface area contributed by atoms with Crippen molar-refractivity contribution < 1.29 is 70.2 Å². The molecule has 0 saturated heterocycles. The van der Waals surface area contributed by atoms with Gasteiger partial charge in [-0.05, 0) is 0 Å². The minimum atomic E-state index is -5.14. The predicted octanol–water partition coefficient (Wildman–Crippen LogP) is -3.24. The molecule has 12 heteroatoms. The molecule has 0 unspecified atom stereocenters. The molecule has 0 atom stereocenters. The molecule has 0 aromatic heterocycles. The summed E-state index contributed by atoms with van der Waals surface area (Å²) in [5.41, 5.74) is 0. The van der Waals surface area contributed by atoms with E-state index in [0.717, 1.165) is 0 Å². The Hall–Kier alpha value is 1.06. The van der Waals surface area contributed by atoms with Crippen LogP contribution in [0.2, 0.25) is 0 Å². The minimum Gasteiger partial charge on any atom is -2.00 e. The Kier molecular flexibility index (Phi) is 16.7. The van der Waals surface area contributed by atoms with E-state index in [1.807, 2.05) is 0 Å². The van der Waals surface area contributed by atoms with Crippen LogP contribution in [0.4, 0.5) is 0 Å². The van der Waals surface area contributed by atoms with E-state index >= 15 is 0 Å². The molecule has 0 amide bonds. The molecule has 0 spiro atoms. The fourth-order valence-electron chi connectivity index (χ4n) is 0. The SMILES string of the molecule is O=P(O)(O)O.O=P([O-])([O-])O.[O-2].[Zr+4]. The molecule has 0 saturated carbocycles. The standard InChI is InChI=1S/2H3O4P.O.Zr/c2*1-5(2,3)4;;/h2*(H3,1,2,3,4);;/q;;-2;+4/p-2. The van der Waals surface area contributed by atoms with Crippen molar-refractivity contribution in [3.8, 4) is 0 Å². The quantitative estimate of drug-likeness (QED) is 0.335. The van der Waals surface area contributed by atoms with Gasteiger partial charge in [-0.3, -0.25) is 0 Å². The maximum atomic E-state index is 8.88. The van der Waals surface area contributed by atoms with Crippen LogP contribution in [0.3, 0.4) is 0 Å². The van der Waals surface area contributed by atoms with Gasteiger partial charge in [0.05, 0.1) is 7.82 Å². The summed E-state index contributed by atoms with van der Waals surface area (Å²) in [7, 11) is -9.78. The first-order valence-electron chi connectivity index (χ1n) is 1.53. The van der Waals surface area contributed by atoms with E-state index in [1.165, 1.54) is 0 Å². The fraction of sp³-hybridized carbons (Fsp3) is 0. The molecule has 0 fully saturated rings. The van der Waals surface area contributed by atoms with E-state index in [4.69, 9.17) is 38.5 Å².